The second kappa shape index (κ2) is 9.28. The van der Waals surface area contributed by atoms with E-state index >= 15 is 0 Å². The van der Waals surface area contributed by atoms with E-state index in [1.807, 2.05) is 4.90 Å². The van der Waals surface area contributed by atoms with Crippen LogP contribution in [0.3, 0.4) is 0 Å². The highest BCUT2D eigenvalue weighted by Gasteiger charge is 2.28. The summed E-state index contributed by atoms with van der Waals surface area (Å²) in [6.45, 7) is 1.47. The van der Waals surface area contributed by atoms with Gasteiger partial charge < -0.3 is 25.4 Å². The van der Waals surface area contributed by atoms with E-state index in [2.05, 4.69) is 5.32 Å². The Labute approximate surface area is 166 Å². The molecule has 7 nitrogen and oxygen atoms in total. The first-order valence-corrected chi connectivity index (χ1v) is 10.1. The molecule has 1 saturated carbocycles. The lowest BCUT2D eigenvalue weighted by Crippen LogP contribution is -2.37. The number of hydrogen-bond acceptors (Lipinski definition) is 5. The molecule has 3 N–H and O–H groups in total. The fraction of sp³-hybridized carbons (Fsp3) is 0.619. The first kappa shape index (κ1) is 20.5. The molecule has 2 amide bonds. The largest absolute Gasteiger partial charge is 0.493 e. The van der Waals surface area contributed by atoms with Crippen LogP contribution in [-0.4, -0.2) is 50.1 Å². The van der Waals surface area contributed by atoms with Crippen molar-refractivity contribution in [3.05, 3.63) is 17.7 Å². The van der Waals surface area contributed by atoms with Gasteiger partial charge in [-0.3, -0.25) is 9.59 Å². The van der Waals surface area contributed by atoms with E-state index in [1.165, 1.54) is 14.2 Å². The van der Waals surface area contributed by atoms with Gasteiger partial charge in [-0.25, -0.2) is 0 Å². The van der Waals surface area contributed by atoms with E-state index in [0.29, 0.717) is 29.2 Å². The van der Waals surface area contributed by atoms with Gasteiger partial charge in [-0.1, -0.05) is 6.42 Å². The SMILES string of the molecule is COc1cc(NC(=O)C2CCCC(N)C2)c(C(=O)N2CCCCC2)cc1OC. The minimum absolute atomic E-state index is 0.0596. The molecule has 1 heterocycles. The topological polar surface area (TPSA) is 93.9 Å². The standard InChI is InChI=1S/C21H31N3O4/c1-27-18-12-16(21(26)24-9-4-3-5-10-24)17(13-19(18)28-2)23-20(25)14-7-6-8-15(22)11-14/h12-15H,3-11,22H2,1-2H3,(H,23,25). The third-order valence-electron chi connectivity index (χ3n) is 5.74. The van der Waals surface area contributed by atoms with Gasteiger partial charge in [-0.05, 0) is 44.6 Å². The third-order valence-corrected chi connectivity index (χ3v) is 5.74. The van der Waals surface area contributed by atoms with Crippen LogP contribution in [0.15, 0.2) is 12.1 Å². The summed E-state index contributed by atoms with van der Waals surface area (Å²) < 4.78 is 10.8. The van der Waals surface area contributed by atoms with Crippen molar-refractivity contribution >= 4 is 17.5 Å². The molecule has 0 spiro atoms. The number of hydrogen-bond donors (Lipinski definition) is 2. The van der Waals surface area contributed by atoms with Gasteiger partial charge in [0.2, 0.25) is 5.91 Å². The van der Waals surface area contributed by atoms with E-state index in [0.717, 1.165) is 51.6 Å². The number of nitrogens with zero attached hydrogens (tertiary/aromatic N) is 1. The average molecular weight is 389 g/mol. The van der Waals surface area contributed by atoms with Crippen molar-refractivity contribution < 1.29 is 19.1 Å². The number of benzene rings is 1. The fourth-order valence-corrected chi connectivity index (χ4v) is 4.13. The van der Waals surface area contributed by atoms with Crippen molar-refractivity contribution in [2.45, 2.75) is 51.0 Å². The van der Waals surface area contributed by atoms with Crippen LogP contribution in [0.5, 0.6) is 11.5 Å². The predicted molar refractivity (Wildman–Crippen MR) is 108 cm³/mol. The Morgan fingerprint density at radius 3 is 2.36 bits per heavy atom. The maximum absolute atomic E-state index is 13.2. The molecule has 3 rings (SSSR count). The second-order valence-electron chi connectivity index (χ2n) is 7.72. The molecule has 1 aliphatic carbocycles. The molecular formula is C21H31N3O4. The van der Waals surface area contributed by atoms with E-state index in [9.17, 15) is 9.59 Å². The first-order chi connectivity index (χ1) is 13.5. The summed E-state index contributed by atoms with van der Waals surface area (Å²) in [5, 5.41) is 2.97. The van der Waals surface area contributed by atoms with Crippen molar-refractivity contribution in [2.75, 3.05) is 32.6 Å². The zero-order valence-corrected chi connectivity index (χ0v) is 16.8. The van der Waals surface area contributed by atoms with Crippen LogP contribution >= 0.6 is 0 Å². The van der Waals surface area contributed by atoms with Crippen LogP contribution in [0.4, 0.5) is 5.69 Å². The molecule has 1 saturated heterocycles. The van der Waals surface area contributed by atoms with E-state index in [-0.39, 0.29) is 23.8 Å². The minimum atomic E-state index is -0.130. The van der Waals surface area contributed by atoms with Gasteiger partial charge >= 0.3 is 0 Å². The summed E-state index contributed by atoms with van der Waals surface area (Å²) in [4.78, 5) is 27.9. The maximum Gasteiger partial charge on any atom is 0.256 e. The Bertz CT molecular complexity index is 716. The van der Waals surface area contributed by atoms with Crippen LogP contribution in [0.25, 0.3) is 0 Å². The Morgan fingerprint density at radius 1 is 1.04 bits per heavy atom. The maximum atomic E-state index is 13.2. The van der Waals surface area contributed by atoms with E-state index in [1.54, 1.807) is 12.1 Å². The number of nitrogens with two attached hydrogens (primary N) is 1. The highest BCUT2D eigenvalue weighted by Crippen LogP contribution is 2.35. The van der Waals surface area contributed by atoms with Gasteiger partial charge in [0.1, 0.15) is 0 Å². The highest BCUT2D eigenvalue weighted by molar-refractivity contribution is 6.05. The van der Waals surface area contributed by atoms with Crippen molar-refractivity contribution in [2.24, 2.45) is 11.7 Å². The van der Waals surface area contributed by atoms with E-state index < -0.39 is 0 Å². The molecule has 0 aromatic heterocycles. The smallest absolute Gasteiger partial charge is 0.256 e. The summed E-state index contributed by atoms with van der Waals surface area (Å²) in [7, 11) is 3.07. The number of ether oxygens (including phenoxy) is 2. The summed E-state index contributed by atoms with van der Waals surface area (Å²) in [5.74, 6) is 0.648. The van der Waals surface area contributed by atoms with Crippen LogP contribution in [0.1, 0.15) is 55.3 Å². The van der Waals surface area contributed by atoms with Crippen LogP contribution in [0.2, 0.25) is 0 Å². The molecule has 2 unspecified atom stereocenters. The molecule has 1 aromatic rings. The van der Waals surface area contributed by atoms with Gasteiger partial charge in [0, 0.05) is 31.1 Å². The minimum Gasteiger partial charge on any atom is -0.493 e. The molecule has 7 heteroatoms. The van der Waals surface area contributed by atoms with Crippen LogP contribution in [-0.2, 0) is 4.79 Å². The Morgan fingerprint density at radius 2 is 1.71 bits per heavy atom. The predicted octanol–water partition coefficient (Wildman–Crippen LogP) is 2.79. The lowest BCUT2D eigenvalue weighted by molar-refractivity contribution is -0.120. The molecule has 0 radical (unpaired) electrons. The lowest BCUT2D eigenvalue weighted by Gasteiger charge is -2.29. The monoisotopic (exact) mass is 389 g/mol. The van der Waals surface area contributed by atoms with Crippen molar-refractivity contribution in [3.8, 4) is 11.5 Å². The van der Waals surface area contributed by atoms with Gasteiger partial charge in [0.25, 0.3) is 5.91 Å². The molecule has 1 aliphatic heterocycles. The van der Waals surface area contributed by atoms with Gasteiger partial charge in [0.15, 0.2) is 11.5 Å². The Balaban J connectivity index is 1.88. The number of piperidine rings is 1. The Hall–Kier alpha value is -2.28. The zero-order chi connectivity index (χ0) is 20.1. The molecule has 1 aromatic carbocycles. The van der Waals surface area contributed by atoms with Crippen LogP contribution < -0.4 is 20.5 Å². The summed E-state index contributed by atoms with van der Waals surface area (Å²) in [6.07, 6.45) is 6.54. The number of anilines is 1. The number of likely N-dealkylation sites (tertiary alicyclic amines) is 1. The van der Waals surface area contributed by atoms with Crippen LogP contribution in [0, 0.1) is 5.92 Å². The van der Waals surface area contributed by atoms with Crippen molar-refractivity contribution in [1.82, 2.24) is 4.90 Å². The van der Waals surface area contributed by atoms with Gasteiger partial charge in [-0.2, -0.15) is 0 Å². The highest BCUT2D eigenvalue weighted by atomic mass is 16.5. The quantitative estimate of drug-likeness (QED) is 0.808. The first-order valence-electron chi connectivity index (χ1n) is 10.1. The molecule has 2 atom stereocenters. The molecular weight excluding hydrogens is 358 g/mol. The van der Waals surface area contributed by atoms with Crippen molar-refractivity contribution in [1.29, 1.82) is 0 Å². The van der Waals surface area contributed by atoms with Gasteiger partial charge in [-0.15, -0.1) is 0 Å². The molecule has 28 heavy (non-hydrogen) atoms. The average Bonchev–Trinajstić information content (AvgIpc) is 2.73. The summed E-state index contributed by atoms with van der Waals surface area (Å²) in [5.41, 5.74) is 6.95. The molecule has 154 valence electrons. The number of nitrogens with one attached hydrogen (secondary N) is 1. The fourth-order valence-electron chi connectivity index (χ4n) is 4.13. The number of carbonyl (C=O) groups is 2. The zero-order valence-electron chi connectivity index (χ0n) is 16.8. The van der Waals surface area contributed by atoms with Gasteiger partial charge in [0.05, 0.1) is 25.5 Å². The number of carbonyl (C=O) groups excluding carboxylic acids is 2. The Kier molecular flexibility index (Phi) is 6.78. The molecule has 2 fully saturated rings. The number of amides is 2. The normalized spacial score (nSPS) is 22.5. The number of rotatable bonds is 5. The number of methoxy groups -OCH3 is 2. The summed E-state index contributed by atoms with van der Waals surface area (Å²) >= 11 is 0. The van der Waals surface area contributed by atoms with Crippen molar-refractivity contribution in [3.63, 3.8) is 0 Å². The third kappa shape index (κ3) is 4.58. The summed E-state index contributed by atoms with van der Waals surface area (Å²) in [6, 6.07) is 3.40. The lowest BCUT2D eigenvalue weighted by atomic mass is 9.85. The molecule has 0 bridgehead atoms. The van der Waals surface area contributed by atoms with E-state index in [4.69, 9.17) is 15.2 Å². The molecule has 2 aliphatic rings. The second-order valence-corrected chi connectivity index (χ2v) is 7.72.